The Kier molecular flexibility index (Phi) is 4.62. The zero-order valence-corrected chi connectivity index (χ0v) is 15.3. The molecule has 12 nitrogen and oxygen atoms in total. The molecule has 4 N–H and O–H groups in total. The van der Waals surface area contributed by atoms with E-state index < -0.39 is 38.1 Å². The molecule has 2 aromatic heterocycles. The number of aromatic nitrogens is 4. The fourth-order valence-corrected chi connectivity index (χ4v) is 3.68. The summed E-state index contributed by atoms with van der Waals surface area (Å²) >= 11 is 0. The second kappa shape index (κ2) is 6.16. The number of nitrogens with one attached hydrogen (secondary N) is 1. The third kappa shape index (κ3) is 2.73. The standard InChI is InChI=1S/C10H12N5O7P.Na/c11-7-4-8(13-2-12-7)15(10(17)14-4)9-5(16)6-3(21-9)1-20-23(18,19)22-6;/h2-3,5-6,9,16H,1H2,(H,14,17)(H,18,19)(H2,11,12,13);/q;+1/p-1/t3-,5-,6-,9-;/m1./s1. The van der Waals surface area contributed by atoms with Crippen LogP contribution in [-0.2, 0) is 18.3 Å². The number of rotatable bonds is 1. The fourth-order valence-electron chi connectivity index (χ4n) is 2.73. The predicted octanol–water partition coefficient (Wildman–Crippen LogP) is -5.15. The van der Waals surface area contributed by atoms with Gasteiger partial charge in [-0.3, -0.25) is 4.57 Å². The van der Waals surface area contributed by atoms with Crippen molar-refractivity contribution in [3.8, 4) is 0 Å². The summed E-state index contributed by atoms with van der Waals surface area (Å²) in [6.45, 7) is -0.312. The van der Waals surface area contributed by atoms with Gasteiger partial charge in [0.25, 0.3) is 7.82 Å². The van der Waals surface area contributed by atoms with Crippen LogP contribution in [0.4, 0.5) is 5.82 Å². The molecular formula is C10H11N5NaO7P. The summed E-state index contributed by atoms with van der Waals surface area (Å²) in [7, 11) is -4.50. The number of hydrogen-bond donors (Lipinski definition) is 3. The molecule has 2 saturated heterocycles. The molecule has 124 valence electrons. The maximum Gasteiger partial charge on any atom is 1.00 e. The van der Waals surface area contributed by atoms with Crippen LogP contribution in [-0.4, -0.2) is 49.5 Å². The number of aliphatic hydroxyl groups is 1. The van der Waals surface area contributed by atoms with Crippen LogP contribution < -0.4 is 45.9 Å². The van der Waals surface area contributed by atoms with Crippen LogP contribution in [0.15, 0.2) is 11.1 Å². The van der Waals surface area contributed by atoms with Crippen LogP contribution in [0.2, 0.25) is 0 Å². The Bertz CT molecular complexity index is 886. The normalized spacial score (nSPS) is 35.6. The monoisotopic (exact) mass is 367 g/mol. The van der Waals surface area contributed by atoms with Crippen molar-refractivity contribution in [2.75, 3.05) is 12.3 Å². The van der Waals surface area contributed by atoms with Gasteiger partial charge in [-0.05, 0) is 0 Å². The first-order chi connectivity index (χ1) is 10.9. The molecule has 0 bridgehead atoms. The number of phosphoric ester groups is 1. The second-order valence-electron chi connectivity index (χ2n) is 5.13. The molecule has 0 aliphatic carbocycles. The quantitative estimate of drug-likeness (QED) is 0.326. The van der Waals surface area contributed by atoms with Gasteiger partial charge >= 0.3 is 35.2 Å². The van der Waals surface area contributed by atoms with Crippen molar-refractivity contribution < 1.29 is 57.9 Å². The van der Waals surface area contributed by atoms with Crippen molar-refractivity contribution in [2.45, 2.75) is 24.5 Å². The van der Waals surface area contributed by atoms with Crippen molar-refractivity contribution >= 4 is 24.8 Å². The van der Waals surface area contributed by atoms with E-state index in [2.05, 4.69) is 19.5 Å². The van der Waals surface area contributed by atoms with E-state index in [0.717, 1.165) is 10.9 Å². The number of phosphoric acid groups is 1. The number of nitrogen functional groups attached to an aromatic ring is 1. The van der Waals surface area contributed by atoms with Crippen LogP contribution in [0.25, 0.3) is 11.2 Å². The van der Waals surface area contributed by atoms with Crippen molar-refractivity contribution in [2.24, 2.45) is 0 Å². The number of fused-ring (bicyclic) bond motifs is 2. The molecule has 24 heavy (non-hydrogen) atoms. The molecule has 1 unspecified atom stereocenters. The van der Waals surface area contributed by atoms with Gasteiger partial charge in [0.05, 0.1) is 6.61 Å². The minimum absolute atomic E-state index is 0. The fraction of sp³-hybridized carbons (Fsp3) is 0.500. The number of nitrogens with two attached hydrogens (primary N) is 1. The second-order valence-corrected chi connectivity index (χ2v) is 6.49. The first-order valence-electron chi connectivity index (χ1n) is 6.55. The Morgan fingerprint density at radius 3 is 3.00 bits per heavy atom. The molecule has 4 rings (SSSR count). The molecule has 2 aromatic rings. The summed E-state index contributed by atoms with van der Waals surface area (Å²) in [6.07, 6.45) is -3.49. The smallest absolute Gasteiger partial charge is 0.756 e. The van der Waals surface area contributed by atoms with Crippen molar-refractivity contribution in [1.82, 2.24) is 19.5 Å². The number of aliphatic hydroxyl groups excluding tert-OH is 1. The molecule has 2 fully saturated rings. The molecule has 2 aliphatic heterocycles. The number of imidazole rings is 1. The first-order valence-corrected chi connectivity index (χ1v) is 8.01. The molecule has 0 amide bonds. The molecule has 2 aliphatic rings. The molecule has 14 heteroatoms. The third-order valence-corrected chi connectivity index (χ3v) is 4.71. The van der Waals surface area contributed by atoms with Crippen LogP contribution in [0.3, 0.4) is 0 Å². The summed E-state index contributed by atoms with van der Waals surface area (Å²) in [6, 6.07) is 0. The maximum atomic E-state index is 12.2. The van der Waals surface area contributed by atoms with Crippen molar-refractivity contribution in [3.63, 3.8) is 0 Å². The van der Waals surface area contributed by atoms with Crippen molar-refractivity contribution in [1.29, 1.82) is 0 Å². The predicted molar refractivity (Wildman–Crippen MR) is 70.9 cm³/mol. The van der Waals surface area contributed by atoms with Crippen LogP contribution in [0.1, 0.15) is 6.23 Å². The Hall–Kier alpha value is -0.820. The van der Waals surface area contributed by atoms with E-state index in [-0.39, 0.29) is 53.1 Å². The van der Waals surface area contributed by atoms with Gasteiger partial charge in [0, 0.05) is 0 Å². The van der Waals surface area contributed by atoms with Gasteiger partial charge < -0.3 is 34.5 Å². The number of hydrogen-bond acceptors (Lipinski definition) is 10. The molecule has 0 radical (unpaired) electrons. The summed E-state index contributed by atoms with van der Waals surface area (Å²) in [5.41, 5.74) is 5.34. The largest absolute Gasteiger partial charge is 1.00 e. The Labute approximate surface area is 155 Å². The number of aromatic amines is 1. The van der Waals surface area contributed by atoms with Crippen molar-refractivity contribution in [3.05, 3.63) is 16.8 Å². The zero-order chi connectivity index (χ0) is 16.4. The van der Waals surface area contributed by atoms with Crippen LogP contribution >= 0.6 is 7.82 Å². The molecule has 0 spiro atoms. The van der Waals surface area contributed by atoms with Gasteiger partial charge in [-0.25, -0.2) is 19.3 Å². The molecule has 0 aromatic carbocycles. The average molecular weight is 367 g/mol. The SMILES string of the molecule is Nc1ncnc2c1[nH]c(=O)n2[C@@H]1O[C@@H]2COP(=O)([O-])O[C@H]2[C@H]1O.[Na+]. The maximum absolute atomic E-state index is 12.2. The minimum Gasteiger partial charge on any atom is -0.756 e. The van der Waals surface area contributed by atoms with Gasteiger partial charge in [-0.2, -0.15) is 0 Å². The number of nitrogens with zero attached hydrogens (tertiary/aromatic N) is 3. The molecule has 5 atom stereocenters. The van der Waals surface area contributed by atoms with E-state index in [9.17, 15) is 19.4 Å². The summed E-state index contributed by atoms with van der Waals surface area (Å²) in [4.78, 5) is 33.7. The third-order valence-electron chi connectivity index (χ3n) is 3.75. The van der Waals surface area contributed by atoms with E-state index in [0.29, 0.717) is 0 Å². The first kappa shape index (κ1) is 18.0. The van der Waals surface area contributed by atoms with E-state index in [4.69, 9.17) is 15.0 Å². The zero-order valence-electron chi connectivity index (χ0n) is 12.4. The Morgan fingerprint density at radius 1 is 1.50 bits per heavy atom. The minimum atomic E-state index is -4.50. The van der Waals surface area contributed by atoms with E-state index in [1.807, 2.05) is 0 Å². The number of H-pyrrole nitrogens is 1. The van der Waals surface area contributed by atoms with Crippen LogP contribution in [0.5, 0.6) is 0 Å². The van der Waals surface area contributed by atoms with Gasteiger partial charge in [0.1, 0.15) is 30.2 Å². The number of anilines is 1. The van der Waals surface area contributed by atoms with E-state index in [1.54, 1.807) is 0 Å². The van der Waals surface area contributed by atoms with Gasteiger partial charge in [0.15, 0.2) is 17.7 Å². The topological polar surface area (TPSA) is 178 Å². The van der Waals surface area contributed by atoms with Gasteiger partial charge in [-0.15, -0.1) is 0 Å². The summed E-state index contributed by atoms with van der Waals surface area (Å²) < 4.78 is 27.2. The average Bonchev–Trinajstić information content (AvgIpc) is 2.97. The summed E-state index contributed by atoms with van der Waals surface area (Å²) in [5.74, 6) is 0.0550. The molecule has 4 heterocycles. The van der Waals surface area contributed by atoms with Gasteiger partial charge in [0.2, 0.25) is 0 Å². The Balaban J connectivity index is 0.00000169. The summed E-state index contributed by atoms with van der Waals surface area (Å²) in [5, 5.41) is 10.3. The van der Waals surface area contributed by atoms with Gasteiger partial charge in [-0.1, -0.05) is 0 Å². The van der Waals surface area contributed by atoms with E-state index >= 15 is 0 Å². The van der Waals surface area contributed by atoms with Crippen LogP contribution in [0, 0.1) is 0 Å². The molecule has 0 saturated carbocycles. The Morgan fingerprint density at radius 2 is 2.25 bits per heavy atom. The number of ether oxygens (including phenoxy) is 1. The molecular weight excluding hydrogens is 356 g/mol. The van der Waals surface area contributed by atoms with E-state index in [1.165, 1.54) is 0 Å².